The topological polar surface area (TPSA) is 178 Å². The molecule has 15 atom stereocenters. The highest BCUT2D eigenvalue weighted by atomic mass is 16.8. The molecule has 5 rings (SSSR count). The molecule has 4 aliphatic rings. The van der Waals surface area contributed by atoms with Crippen LogP contribution < -0.4 is 0 Å². The van der Waals surface area contributed by atoms with Gasteiger partial charge in [-0.1, -0.05) is 33.8 Å². The Morgan fingerprint density at radius 3 is 2.36 bits per heavy atom. The number of aliphatic hydroxyl groups is 1. The van der Waals surface area contributed by atoms with Gasteiger partial charge >= 0.3 is 24.2 Å². The normalized spacial score (nSPS) is 42.2. The van der Waals surface area contributed by atoms with Crippen LogP contribution in [0.4, 0.5) is 9.59 Å². The van der Waals surface area contributed by atoms with Crippen LogP contribution in [-0.2, 0) is 53.9 Å². The third-order valence-corrected chi connectivity index (χ3v) is 11.6. The minimum Gasteiger partial charge on any atom is -0.461 e. The van der Waals surface area contributed by atoms with Crippen LogP contribution >= 0.6 is 0 Å². The Morgan fingerprint density at radius 1 is 1.02 bits per heavy atom. The van der Waals surface area contributed by atoms with Crippen molar-refractivity contribution in [1.82, 2.24) is 9.88 Å². The second kappa shape index (κ2) is 16.1. The molecule has 296 valence electrons. The molecule has 0 radical (unpaired) electrons. The number of hydrogen-bond donors (Lipinski definition) is 1. The van der Waals surface area contributed by atoms with Gasteiger partial charge in [-0.2, -0.15) is 0 Å². The molecule has 1 aromatic rings. The Labute approximate surface area is 311 Å². The number of ether oxygens (including phenoxy) is 8. The Bertz CT molecular complexity index is 1480. The first kappa shape index (κ1) is 40.7. The summed E-state index contributed by atoms with van der Waals surface area (Å²) >= 11 is 0. The van der Waals surface area contributed by atoms with Crippen LogP contribution in [0, 0.1) is 23.7 Å². The maximum absolute atomic E-state index is 14.2. The van der Waals surface area contributed by atoms with E-state index in [0.717, 1.165) is 0 Å². The first-order valence-electron chi connectivity index (χ1n) is 18.6. The number of hydrogen-bond acceptors (Lipinski definition) is 15. The van der Waals surface area contributed by atoms with Crippen LogP contribution in [0.5, 0.6) is 0 Å². The minimum absolute atomic E-state index is 0.141. The lowest BCUT2D eigenvalue weighted by atomic mass is 9.73. The van der Waals surface area contributed by atoms with E-state index in [1.807, 2.05) is 32.8 Å². The van der Waals surface area contributed by atoms with Gasteiger partial charge in [-0.15, -0.1) is 0 Å². The molecule has 5 heterocycles. The summed E-state index contributed by atoms with van der Waals surface area (Å²) in [6, 6.07) is 3.11. The predicted octanol–water partition coefficient (Wildman–Crippen LogP) is 4.21. The van der Waals surface area contributed by atoms with Crippen molar-refractivity contribution in [3.8, 4) is 0 Å². The monoisotopic (exact) mass is 748 g/mol. The summed E-state index contributed by atoms with van der Waals surface area (Å²) in [7, 11) is 3.71. The molecule has 2 bridgehead atoms. The van der Waals surface area contributed by atoms with Crippen molar-refractivity contribution in [1.29, 1.82) is 0 Å². The van der Waals surface area contributed by atoms with Crippen LogP contribution in [0.1, 0.15) is 80.2 Å². The van der Waals surface area contributed by atoms with E-state index in [0.29, 0.717) is 12.0 Å². The Kier molecular flexibility index (Phi) is 12.3. The number of esters is 2. The maximum Gasteiger partial charge on any atom is 0.509 e. The zero-order valence-electron chi connectivity index (χ0n) is 32.4. The number of likely N-dealkylation sites (N-methyl/N-ethyl adjacent to an activating group) is 1. The number of carbonyl (C=O) groups excluding carboxylic acids is 4. The van der Waals surface area contributed by atoms with Crippen LogP contribution in [-0.4, -0.2) is 120 Å². The van der Waals surface area contributed by atoms with Crippen molar-refractivity contribution in [2.45, 2.75) is 147 Å². The lowest BCUT2D eigenvalue weighted by Gasteiger charge is -2.47. The molecule has 0 amide bonds. The third-order valence-electron chi connectivity index (χ3n) is 11.6. The van der Waals surface area contributed by atoms with Crippen LogP contribution in [0.2, 0.25) is 0 Å². The molecule has 53 heavy (non-hydrogen) atoms. The van der Waals surface area contributed by atoms with Crippen LogP contribution in [0.15, 0.2) is 24.5 Å². The van der Waals surface area contributed by atoms with Gasteiger partial charge in [0.2, 0.25) is 0 Å². The fraction of sp³-hybridized carbons (Fsp3) is 0.763. The standard InChI is InChI=1S/C38H56N2O13/c1-11-26-38(8)32(51-36(45)53-38)21(4)29-19(2)17-37(7,52-35(44)49-29)31(50-34-28(42)25(40(9)10)15-20(3)46-34)22(5)30(23(6)33(43)47-26)48-27(41)16-24-13-12-14-39-18-24/h12-14,18-23,25-26,28-32,34,42H,11,15-17H2,1-10H3/t19-,20-,21+,22+,23-,25+,26-,28-,29+,30+,31-,32-,34+,37?,38-/m1/s1. The summed E-state index contributed by atoms with van der Waals surface area (Å²) in [6.45, 7) is 14.0. The van der Waals surface area contributed by atoms with Crippen molar-refractivity contribution in [2.24, 2.45) is 23.7 Å². The number of aliphatic hydroxyl groups excluding tert-OH is 1. The molecule has 0 aromatic carbocycles. The van der Waals surface area contributed by atoms with Gasteiger partial charge in [-0.3, -0.25) is 14.6 Å². The number of rotatable bonds is 7. The van der Waals surface area contributed by atoms with E-state index < -0.39 is 102 Å². The number of carbonyl (C=O) groups is 4. The first-order chi connectivity index (χ1) is 24.9. The highest BCUT2D eigenvalue weighted by Gasteiger charge is 2.61. The summed E-state index contributed by atoms with van der Waals surface area (Å²) in [5, 5.41) is 11.6. The van der Waals surface area contributed by atoms with Gasteiger partial charge in [0.1, 0.15) is 36.1 Å². The van der Waals surface area contributed by atoms with E-state index in [-0.39, 0.29) is 31.4 Å². The summed E-state index contributed by atoms with van der Waals surface area (Å²) in [4.78, 5) is 60.4. The molecular formula is C38H56N2O13. The number of fused-ring (bicyclic) bond motifs is 4. The Hall–Kier alpha value is -3.53. The zero-order valence-corrected chi connectivity index (χ0v) is 32.4. The van der Waals surface area contributed by atoms with E-state index in [9.17, 15) is 24.3 Å². The molecule has 1 unspecified atom stereocenters. The van der Waals surface area contributed by atoms with Gasteiger partial charge in [0.15, 0.2) is 18.0 Å². The lowest BCUT2D eigenvalue weighted by Crippen LogP contribution is -2.60. The number of cyclic esters (lactones) is 1. The van der Waals surface area contributed by atoms with Gasteiger partial charge in [-0.05, 0) is 78.6 Å². The summed E-state index contributed by atoms with van der Waals surface area (Å²) in [5.41, 5.74) is -2.34. The molecular weight excluding hydrogens is 692 g/mol. The smallest absolute Gasteiger partial charge is 0.461 e. The Balaban J connectivity index is 1.63. The number of aromatic nitrogens is 1. The molecule has 15 nitrogen and oxygen atoms in total. The molecule has 4 saturated heterocycles. The molecule has 0 saturated carbocycles. The van der Waals surface area contributed by atoms with Crippen molar-refractivity contribution in [3.63, 3.8) is 0 Å². The molecule has 4 aliphatic heterocycles. The zero-order chi connectivity index (χ0) is 39.0. The van der Waals surface area contributed by atoms with Gasteiger partial charge < -0.3 is 47.9 Å². The van der Waals surface area contributed by atoms with Gasteiger partial charge in [0, 0.05) is 30.3 Å². The fourth-order valence-electron chi connectivity index (χ4n) is 8.88. The largest absolute Gasteiger partial charge is 0.509 e. The van der Waals surface area contributed by atoms with E-state index >= 15 is 0 Å². The highest BCUT2D eigenvalue weighted by Crippen LogP contribution is 2.46. The molecule has 4 fully saturated rings. The van der Waals surface area contributed by atoms with Crippen molar-refractivity contribution in [3.05, 3.63) is 30.1 Å². The molecule has 0 aliphatic carbocycles. The van der Waals surface area contributed by atoms with Crippen LogP contribution in [0.3, 0.4) is 0 Å². The molecule has 15 heteroatoms. The van der Waals surface area contributed by atoms with E-state index in [2.05, 4.69) is 4.98 Å². The van der Waals surface area contributed by atoms with Crippen molar-refractivity contribution >= 4 is 24.2 Å². The fourth-order valence-corrected chi connectivity index (χ4v) is 8.88. The van der Waals surface area contributed by atoms with Gasteiger partial charge in [-0.25, -0.2) is 9.59 Å². The number of pyridine rings is 1. The Morgan fingerprint density at radius 2 is 1.72 bits per heavy atom. The maximum atomic E-state index is 14.2. The minimum atomic E-state index is -1.48. The molecule has 1 N–H and O–H groups in total. The summed E-state index contributed by atoms with van der Waals surface area (Å²) in [5.74, 6) is -4.40. The SMILES string of the molecule is CC[C@H]1OC(=O)[C@H](C)[C@@H](OC(=O)Cc2cccnc2)[C@H](C)[C@@H](O[C@@H]2O[C@H](C)C[C@H](N(C)C)[C@H]2O)C2(C)C[C@@H](C)[C@H](OC(=O)O2)[C@H](C)[C@H]2OC(=O)O[C@@]21C. The molecule has 1 aromatic heterocycles. The van der Waals surface area contributed by atoms with Crippen LogP contribution in [0.25, 0.3) is 0 Å². The van der Waals surface area contributed by atoms with Crippen molar-refractivity contribution in [2.75, 3.05) is 14.1 Å². The van der Waals surface area contributed by atoms with E-state index in [1.54, 1.807) is 66.1 Å². The highest BCUT2D eigenvalue weighted by molar-refractivity contribution is 5.76. The average Bonchev–Trinajstić information content (AvgIpc) is 3.34. The average molecular weight is 749 g/mol. The lowest BCUT2D eigenvalue weighted by molar-refractivity contribution is -0.298. The van der Waals surface area contributed by atoms with E-state index in [4.69, 9.17) is 37.9 Å². The number of nitrogens with zero attached hydrogens (tertiary/aromatic N) is 2. The summed E-state index contributed by atoms with van der Waals surface area (Å²) < 4.78 is 48.9. The quantitative estimate of drug-likeness (QED) is 0.310. The second-order valence-corrected chi connectivity index (χ2v) is 16.0. The van der Waals surface area contributed by atoms with Crippen molar-refractivity contribution < 1.29 is 62.2 Å². The van der Waals surface area contributed by atoms with E-state index in [1.165, 1.54) is 0 Å². The van der Waals surface area contributed by atoms with Gasteiger partial charge in [0.05, 0.1) is 18.4 Å². The third kappa shape index (κ3) is 8.42. The summed E-state index contributed by atoms with van der Waals surface area (Å²) in [6.07, 6.45) is -5.73. The first-order valence-corrected chi connectivity index (χ1v) is 18.6. The molecule has 0 spiro atoms. The second-order valence-electron chi connectivity index (χ2n) is 16.0. The predicted molar refractivity (Wildman–Crippen MR) is 186 cm³/mol. The van der Waals surface area contributed by atoms with Gasteiger partial charge in [0.25, 0.3) is 0 Å².